The summed E-state index contributed by atoms with van der Waals surface area (Å²) >= 11 is 6.36. The minimum atomic E-state index is -0.0851. The van der Waals surface area contributed by atoms with Crippen molar-refractivity contribution in [3.8, 4) is 11.5 Å². The van der Waals surface area contributed by atoms with Gasteiger partial charge in [-0.05, 0) is 17.7 Å². The number of morpholine rings is 1. The number of rotatable bonds is 5. The minimum absolute atomic E-state index is 0.0851. The van der Waals surface area contributed by atoms with E-state index in [0.717, 1.165) is 5.56 Å². The van der Waals surface area contributed by atoms with Crippen molar-refractivity contribution in [1.82, 2.24) is 4.90 Å². The second kappa shape index (κ2) is 8.23. The van der Waals surface area contributed by atoms with E-state index in [1.165, 1.54) is 7.11 Å². The van der Waals surface area contributed by atoms with Crippen LogP contribution in [0, 0.1) is 0 Å². The number of halogens is 1. The summed E-state index contributed by atoms with van der Waals surface area (Å²) < 4.78 is 16.5. The van der Waals surface area contributed by atoms with Gasteiger partial charge in [-0.25, -0.2) is 0 Å². The summed E-state index contributed by atoms with van der Waals surface area (Å²) in [4.78, 5) is 14.4. The number of carbonyl (C=O) groups excluding carboxylic acids is 1. The highest BCUT2D eigenvalue weighted by Gasteiger charge is 2.22. The first kappa shape index (κ1) is 17.6. The predicted octanol–water partition coefficient (Wildman–Crippen LogP) is 3.40. The Morgan fingerprint density at radius 3 is 2.60 bits per heavy atom. The van der Waals surface area contributed by atoms with Crippen molar-refractivity contribution in [2.24, 2.45) is 0 Å². The molecule has 1 heterocycles. The average molecular weight is 362 g/mol. The van der Waals surface area contributed by atoms with Gasteiger partial charge in [-0.3, -0.25) is 4.79 Å². The van der Waals surface area contributed by atoms with E-state index >= 15 is 0 Å². The van der Waals surface area contributed by atoms with Crippen molar-refractivity contribution in [3.05, 3.63) is 58.6 Å². The van der Waals surface area contributed by atoms with E-state index in [9.17, 15) is 4.79 Å². The lowest BCUT2D eigenvalue weighted by Gasteiger charge is -2.27. The molecule has 2 aromatic rings. The van der Waals surface area contributed by atoms with Crippen LogP contribution in [0.15, 0.2) is 42.5 Å². The number of ether oxygens (including phenoxy) is 3. The van der Waals surface area contributed by atoms with Crippen molar-refractivity contribution in [1.29, 1.82) is 0 Å². The van der Waals surface area contributed by atoms with Crippen molar-refractivity contribution < 1.29 is 19.0 Å². The Bertz CT molecular complexity index is 730. The Morgan fingerprint density at radius 1 is 1.20 bits per heavy atom. The van der Waals surface area contributed by atoms with Gasteiger partial charge in [0.1, 0.15) is 6.61 Å². The molecule has 132 valence electrons. The fourth-order valence-electron chi connectivity index (χ4n) is 2.66. The molecule has 6 heteroatoms. The van der Waals surface area contributed by atoms with E-state index in [1.54, 1.807) is 17.0 Å². The summed E-state index contributed by atoms with van der Waals surface area (Å²) in [6, 6.07) is 13.1. The first-order valence-corrected chi connectivity index (χ1v) is 8.48. The van der Waals surface area contributed by atoms with Crippen LogP contribution in [0.5, 0.6) is 11.5 Å². The molecule has 0 radical (unpaired) electrons. The molecule has 0 aromatic heterocycles. The second-order valence-electron chi connectivity index (χ2n) is 5.67. The van der Waals surface area contributed by atoms with E-state index in [2.05, 4.69) is 0 Å². The van der Waals surface area contributed by atoms with Gasteiger partial charge in [0, 0.05) is 18.7 Å². The minimum Gasteiger partial charge on any atom is -0.493 e. The number of carbonyl (C=O) groups is 1. The van der Waals surface area contributed by atoms with Crippen LogP contribution in [-0.4, -0.2) is 44.2 Å². The van der Waals surface area contributed by atoms with Crippen LogP contribution < -0.4 is 9.47 Å². The lowest BCUT2D eigenvalue weighted by Crippen LogP contribution is -2.40. The molecule has 1 fully saturated rings. The van der Waals surface area contributed by atoms with E-state index in [1.807, 2.05) is 30.3 Å². The quantitative estimate of drug-likeness (QED) is 0.819. The summed E-state index contributed by atoms with van der Waals surface area (Å²) in [6.45, 7) is 2.62. The molecule has 0 atom stereocenters. The molecule has 2 aromatic carbocycles. The number of amides is 1. The van der Waals surface area contributed by atoms with Crippen LogP contribution in [0.25, 0.3) is 0 Å². The smallest absolute Gasteiger partial charge is 0.254 e. The van der Waals surface area contributed by atoms with Crippen LogP contribution in [0.1, 0.15) is 15.9 Å². The molecule has 0 spiro atoms. The number of methoxy groups -OCH3 is 1. The highest BCUT2D eigenvalue weighted by Crippen LogP contribution is 2.37. The lowest BCUT2D eigenvalue weighted by molar-refractivity contribution is 0.0302. The van der Waals surface area contributed by atoms with Crippen molar-refractivity contribution in [2.45, 2.75) is 6.61 Å². The van der Waals surface area contributed by atoms with Gasteiger partial charge in [-0.1, -0.05) is 41.9 Å². The Balaban J connectivity index is 1.79. The van der Waals surface area contributed by atoms with Crippen molar-refractivity contribution in [3.63, 3.8) is 0 Å². The molecule has 1 aliphatic rings. The Labute approximate surface area is 152 Å². The fourth-order valence-corrected chi connectivity index (χ4v) is 2.93. The van der Waals surface area contributed by atoms with Crippen molar-refractivity contribution >= 4 is 17.5 Å². The zero-order chi connectivity index (χ0) is 17.6. The van der Waals surface area contributed by atoms with Gasteiger partial charge >= 0.3 is 0 Å². The lowest BCUT2D eigenvalue weighted by atomic mass is 10.1. The number of hydrogen-bond acceptors (Lipinski definition) is 4. The molecule has 0 aliphatic carbocycles. The third-order valence-corrected chi connectivity index (χ3v) is 4.28. The molecule has 0 saturated carbocycles. The molecule has 0 N–H and O–H groups in total. The zero-order valence-electron chi connectivity index (χ0n) is 14.0. The zero-order valence-corrected chi connectivity index (χ0v) is 14.8. The van der Waals surface area contributed by atoms with E-state index in [0.29, 0.717) is 55.0 Å². The van der Waals surface area contributed by atoms with Crippen LogP contribution in [-0.2, 0) is 11.3 Å². The highest BCUT2D eigenvalue weighted by molar-refractivity contribution is 6.32. The topological polar surface area (TPSA) is 48.0 Å². The van der Waals surface area contributed by atoms with Crippen molar-refractivity contribution in [2.75, 3.05) is 33.4 Å². The highest BCUT2D eigenvalue weighted by atomic mass is 35.5. The largest absolute Gasteiger partial charge is 0.493 e. The first-order chi connectivity index (χ1) is 12.2. The molecule has 0 bridgehead atoms. The van der Waals surface area contributed by atoms with Gasteiger partial charge < -0.3 is 19.1 Å². The molecule has 1 amide bonds. The molecule has 1 aliphatic heterocycles. The molecular weight excluding hydrogens is 342 g/mol. The molecule has 25 heavy (non-hydrogen) atoms. The van der Waals surface area contributed by atoms with Gasteiger partial charge in [0.25, 0.3) is 5.91 Å². The van der Waals surface area contributed by atoms with Gasteiger partial charge in [-0.2, -0.15) is 0 Å². The second-order valence-corrected chi connectivity index (χ2v) is 6.08. The molecular formula is C19H20ClNO4. The van der Waals surface area contributed by atoms with Gasteiger partial charge in [-0.15, -0.1) is 0 Å². The maximum atomic E-state index is 12.6. The van der Waals surface area contributed by atoms with Gasteiger partial charge in [0.05, 0.1) is 25.3 Å². The summed E-state index contributed by atoms with van der Waals surface area (Å²) in [5.41, 5.74) is 1.50. The summed E-state index contributed by atoms with van der Waals surface area (Å²) in [7, 11) is 1.53. The molecule has 5 nitrogen and oxygen atoms in total. The third-order valence-electron chi connectivity index (χ3n) is 4.00. The third kappa shape index (κ3) is 4.24. The Kier molecular flexibility index (Phi) is 5.79. The van der Waals surface area contributed by atoms with E-state index in [-0.39, 0.29) is 5.91 Å². The molecule has 1 saturated heterocycles. The first-order valence-electron chi connectivity index (χ1n) is 8.10. The normalized spacial score (nSPS) is 14.2. The number of benzene rings is 2. The van der Waals surface area contributed by atoms with Crippen LogP contribution >= 0.6 is 11.6 Å². The number of hydrogen-bond donors (Lipinski definition) is 0. The monoisotopic (exact) mass is 361 g/mol. The molecule has 3 rings (SSSR count). The van der Waals surface area contributed by atoms with E-state index < -0.39 is 0 Å². The van der Waals surface area contributed by atoms with Gasteiger partial charge in [0.15, 0.2) is 11.5 Å². The van der Waals surface area contributed by atoms with Gasteiger partial charge in [0.2, 0.25) is 0 Å². The average Bonchev–Trinajstić information content (AvgIpc) is 2.67. The van der Waals surface area contributed by atoms with Crippen LogP contribution in [0.2, 0.25) is 5.02 Å². The van der Waals surface area contributed by atoms with Crippen LogP contribution in [0.3, 0.4) is 0 Å². The Morgan fingerprint density at radius 2 is 1.92 bits per heavy atom. The summed E-state index contributed by atoms with van der Waals surface area (Å²) in [5.74, 6) is 0.796. The molecule has 0 unspecified atom stereocenters. The standard InChI is InChI=1S/C19H20ClNO4/c1-23-17-12-15(19(22)21-7-9-24-10-8-21)11-16(20)18(17)25-13-14-5-3-2-4-6-14/h2-6,11-12H,7-10,13H2,1H3. The maximum absolute atomic E-state index is 12.6. The fraction of sp³-hybridized carbons (Fsp3) is 0.316. The van der Waals surface area contributed by atoms with E-state index in [4.69, 9.17) is 25.8 Å². The maximum Gasteiger partial charge on any atom is 0.254 e. The summed E-state index contributed by atoms with van der Waals surface area (Å²) in [5, 5.41) is 0.354. The predicted molar refractivity (Wildman–Crippen MR) is 95.5 cm³/mol. The Hall–Kier alpha value is -2.24. The summed E-state index contributed by atoms with van der Waals surface area (Å²) in [6.07, 6.45) is 0. The number of nitrogens with zero attached hydrogens (tertiary/aromatic N) is 1. The SMILES string of the molecule is COc1cc(C(=O)N2CCOCC2)cc(Cl)c1OCc1ccccc1. The van der Waals surface area contributed by atoms with Crippen LogP contribution in [0.4, 0.5) is 0 Å².